The zero-order chi connectivity index (χ0) is 12.1. The van der Waals surface area contributed by atoms with Crippen LogP contribution in [0.25, 0.3) is 0 Å². The van der Waals surface area contributed by atoms with Crippen LogP contribution in [0.15, 0.2) is 12.1 Å². The van der Waals surface area contributed by atoms with Crippen LogP contribution in [0.5, 0.6) is 0 Å². The van der Waals surface area contributed by atoms with Gasteiger partial charge in [0.15, 0.2) is 0 Å². The Hall–Kier alpha value is -2.02. The first-order valence-electron chi connectivity index (χ1n) is 4.52. The molecule has 0 aliphatic rings. The Morgan fingerprint density at radius 2 is 2.31 bits per heavy atom. The summed E-state index contributed by atoms with van der Waals surface area (Å²) in [4.78, 5) is 24.7. The van der Waals surface area contributed by atoms with Gasteiger partial charge in [-0.15, -0.1) is 0 Å². The third-order valence-corrected chi connectivity index (χ3v) is 1.89. The summed E-state index contributed by atoms with van der Waals surface area (Å²) in [6.07, 6.45) is 0.438. The van der Waals surface area contributed by atoms with Crippen LogP contribution in [-0.2, 0) is 11.2 Å². The van der Waals surface area contributed by atoms with E-state index >= 15 is 0 Å². The molecule has 0 aliphatic carbocycles. The molecule has 2 N–H and O–H groups in total. The molecular weight excluding hydrogens is 214 g/mol. The van der Waals surface area contributed by atoms with E-state index in [2.05, 4.69) is 9.72 Å². The average Bonchev–Trinajstić information content (AvgIpc) is 2.28. The number of methoxy groups -OCH3 is 1. The highest BCUT2D eigenvalue weighted by molar-refractivity contribution is 5.87. The van der Waals surface area contributed by atoms with Gasteiger partial charge in [-0.25, -0.2) is 4.79 Å². The summed E-state index contributed by atoms with van der Waals surface area (Å²) in [6, 6.07) is 2.73. The van der Waals surface area contributed by atoms with E-state index in [1.165, 1.54) is 19.2 Å². The van der Waals surface area contributed by atoms with Gasteiger partial charge in [-0.1, -0.05) is 0 Å². The first kappa shape index (κ1) is 12.1. The Morgan fingerprint density at radius 1 is 1.62 bits per heavy atom. The summed E-state index contributed by atoms with van der Waals surface area (Å²) < 4.78 is 4.45. The Labute approximate surface area is 91.4 Å². The number of hydrogen-bond donors (Lipinski definition) is 1. The predicted molar refractivity (Wildman–Crippen MR) is 55.0 cm³/mol. The lowest BCUT2D eigenvalue weighted by Gasteiger charge is -2.00. The summed E-state index contributed by atoms with van der Waals surface area (Å²) in [5.41, 5.74) is 5.84. The van der Waals surface area contributed by atoms with E-state index in [4.69, 9.17) is 5.73 Å². The van der Waals surface area contributed by atoms with Crippen molar-refractivity contribution in [1.82, 2.24) is 4.98 Å². The predicted octanol–water partition coefficient (Wildman–Crippen LogP) is 0.278. The molecule has 1 aromatic heterocycles. The Balaban J connectivity index is 3.18. The molecule has 0 radical (unpaired) electrons. The second-order valence-corrected chi connectivity index (χ2v) is 3.01. The normalized spacial score (nSPS) is 9.88. The van der Waals surface area contributed by atoms with Crippen molar-refractivity contribution < 1.29 is 14.5 Å². The van der Waals surface area contributed by atoms with Gasteiger partial charge in [0.1, 0.15) is 0 Å². The number of nitrogens with zero attached hydrogens (tertiary/aromatic N) is 2. The number of esters is 1. The number of rotatable bonds is 4. The topological polar surface area (TPSA) is 108 Å². The highest BCUT2D eigenvalue weighted by Gasteiger charge is 2.19. The van der Waals surface area contributed by atoms with Crippen LogP contribution in [0.3, 0.4) is 0 Å². The first-order chi connectivity index (χ1) is 7.58. The molecule has 0 unspecified atom stereocenters. The molecule has 0 aromatic carbocycles. The summed E-state index contributed by atoms with van der Waals surface area (Å²) in [7, 11) is 1.19. The molecule has 0 amide bonds. The van der Waals surface area contributed by atoms with E-state index in [0.717, 1.165) is 0 Å². The van der Waals surface area contributed by atoms with Gasteiger partial charge >= 0.3 is 11.8 Å². The van der Waals surface area contributed by atoms with Crippen LogP contribution in [0.1, 0.15) is 16.1 Å². The molecule has 0 saturated carbocycles. The number of nitro groups is 1. The molecule has 0 fully saturated rings. The smallest absolute Gasteiger partial charge is 0.382 e. The average molecular weight is 225 g/mol. The maximum absolute atomic E-state index is 11.2. The van der Waals surface area contributed by atoms with Gasteiger partial charge in [-0.3, -0.25) is 0 Å². The third-order valence-electron chi connectivity index (χ3n) is 1.89. The lowest BCUT2D eigenvalue weighted by atomic mass is 10.1. The van der Waals surface area contributed by atoms with E-state index in [9.17, 15) is 14.9 Å². The first-order valence-corrected chi connectivity index (χ1v) is 4.52. The minimum absolute atomic E-state index is 0.0832. The molecule has 7 nitrogen and oxygen atoms in total. The SMILES string of the molecule is COC(=O)c1cc(CCN)cc([N+](=O)[O-])n1. The minimum Gasteiger partial charge on any atom is -0.463 e. The third kappa shape index (κ3) is 2.74. The molecule has 86 valence electrons. The molecule has 0 spiro atoms. The standard InChI is InChI=1S/C9H11N3O4/c1-16-9(13)7-4-6(2-3-10)5-8(11-7)12(14)15/h4-5H,2-3,10H2,1H3. The number of ether oxygens (including phenoxy) is 1. The second-order valence-electron chi connectivity index (χ2n) is 3.01. The van der Waals surface area contributed by atoms with E-state index in [-0.39, 0.29) is 11.5 Å². The molecule has 7 heteroatoms. The summed E-state index contributed by atoms with van der Waals surface area (Å²) in [5, 5.41) is 10.6. The van der Waals surface area contributed by atoms with Gasteiger partial charge in [-0.2, -0.15) is 0 Å². The minimum atomic E-state index is -0.707. The van der Waals surface area contributed by atoms with E-state index < -0.39 is 10.9 Å². The molecular formula is C9H11N3O4. The van der Waals surface area contributed by atoms with Crippen molar-refractivity contribution in [3.05, 3.63) is 33.5 Å². The number of aromatic nitrogens is 1. The monoisotopic (exact) mass is 225 g/mol. The maximum atomic E-state index is 11.2. The summed E-state index contributed by atoms with van der Waals surface area (Å²) in [5.74, 6) is -1.09. The number of carbonyl (C=O) groups is 1. The molecule has 1 aromatic rings. The van der Waals surface area contributed by atoms with Gasteiger partial charge in [0.2, 0.25) is 0 Å². The van der Waals surface area contributed by atoms with Crippen molar-refractivity contribution in [2.45, 2.75) is 6.42 Å². The van der Waals surface area contributed by atoms with Crippen LogP contribution < -0.4 is 5.73 Å². The van der Waals surface area contributed by atoms with Gasteiger partial charge in [0.05, 0.1) is 7.11 Å². The van der Waals surface area contributed by atoms with Crippen LogP contribution in [-0.4, -0.2) is 29.5 Å². The summed E-state index contributed by atoms with van der Waals surface area (Å²) >= 11 is 0. The van der Waals surface area contributed by atoms with Gasteiger partial charge in [-0.05, 0) is 28.4 Å². The molecule has 0 aliphatic heterocycles. The molecule has 0 atom stereocenters. The summed E-state index contributed by atoms with van der Waals surface area (Å²) in [6.45, 7) is 0.335. The zero-order valence-electron chi connectivity index (χ0n) is 8.67. The molecule has 0 saturated heterocycles. The van der Waals surface area contributed by atoms with Crippen molar-refractivity contribution in [3.8, 4) is 0 Å². The van der Waals surface area contributed by atoms with Crippen LogP contribution in [0.4, 0.5) is 5.82 Å². The van der Waals surface area contributed by atoms with Crippen LogP contribution in [0.2, 0.25) is 0 Å². The van der Waals surface area contributed by atoms with E-state index in [0.29, 0.717) is 18.5 Å². The lowest BCUT2D eigenvalue weighted by Crippen LogP contribution is -2.09. The van der Waals surface area contributed by atoms with E-state index in [1.54, 1.807) is 0 Å². The number of pyridine rings is 1. The van der Waals surface area contributed by atoms with Crippen LogP contribution >= 0.6 is 0 Å². The highest BCUT2D eigenvalue weighted by atomic mass is 16.6. The Bertz CT molecular complexity index is 419. The molecule has 1 rings (SSSR count). The van der Waals surface area contributed by atoms with Crippen LogP contribution in [0, 0.1) is 10.1 Å². The molecule has 16 heavy (non-hydrogen) atoms. The number of hydrogen-bond acceptors (Lipinski definition) is 6. The quantitative estimate of drug-likeness (QED) is 0.447. The van der Waals surface area contributed by atoms with Crippen molar-refractivity contribution in [2.24, 2.45) is 5.73 Å². The van der Waals surface area contributed by atoms with Gasteiger partial charge in [0.25, 0.3) is 5.69 Å². The fourth-order valence-electron chi connectivity index (χ4n) is 1.18. The van der Waals surface area contributed by atoms with Gasteiger partial charge < -0.3 is 20.6 Å². The van der Waals surface area contributed by atoms with E-state index in [1.807, 2.05) is 0 Å². The Morgan fingerprint density at radius 3 is 2.81 bits per heavy atom. The highest BCUT2D eigenvalue weighted by Crippen LogP contribution is 2.13. The van der Waals surface area contributed by atoms with Crippen molar-refractivity contribution in [1.29, 1.82) is 0 Å². The van der Waals surface area contributed by atoms with Crippen molar-refractivity contribution in [2.75, 3.05) is 13.7 Å². The fraction of sp³-hybridized carbons (Fsp3) is 0.333. The zero-order valence-corrected chi connectivity index (χ0v) is 8.67. The number of nitrogens with two attached hydrogens (primary N) is 1. The molecule has 1 heterocycles. The Kier molecular flexibility index (Phi) is 3.90. The van der Waals surface area contributed by atoms with Gasteiger partial charge in [0, 0.05) is 12.1 Å². The lowest BCUT2D eigenvalue weighted by molar-refractivity contribution is -0.389. The maximum Gasteiger partial charge on any atom is 0.382 e. The largest absolute Gasteiger partial charge is 0.463 e. The van der Waals surface area contributed by atoms with Crippen molar-refractivity contribution >= 4 is 11.8 Å². The van der Waals surface area contributed by atoms with Crippen molar-refractivity contribution in [3.63, 3.8) is 0 Å². The fourth-order valence-corrected chi connectivity index (χ4v) is 1.18. The molecule has 0 bridgehead atoms. The number of carbonyl (C=O) groups excluding carboxylic acids is 1. The second kappa shape index (κ2) is 5.17.